The molecule has 2 atom stereocenters. The first-order valence-electron chi connectivity index (χ1n) is 6.04. The molecule has 0 spiro atoms. The van der Waals surface area contributed by atoms with Crippen molar-refractivity contribution in [3.8, 4) is 0 Å². The summed E-state index contributed by atoms with van der Waals surface area (Å²) < 4.78 is 10.8. The molecule has 1 saturated heterocycles. The average Bonchev–Trinajstić information content (AvgIpc) is 2.83. The van der Waals surface area contributed by atoms with Crippen LogP contribution in [0.3, 0.4) is 0 Å². The monoisotopic (exact) mass is 252 g/mol. The molecule has 0 amide bonds. The number of anilines is 1. The third-order valence-corrected chi connectivity index (χ3v) is 3.19. The summed E-state index contributed by atoms with van der Waals surface area (Å²) in [4.78, 5) is 10.9. The van der Waals surface area contributed by atoms with Crippen molar-refractivity contribution in [3.63, 3.8) is 0 Å². The molecule has 18 heavy (non-hydrogen) atoms. The molecule has 2 unspecified atom stereocenters. The van der Waals surface area contributed by atoms with Crippen molar-refractivity contribution >= 4 is 5.82 Å². The Balaban J connectivity index is 2.04. The molecule has 100 valence electrons. The highest BCUT2D eigenvalue weighted by Crippen LogP contribution is 2.20. The van der Waals surface area contributed by atoms with Gasteiger partial charge in [0.15, 0.2) is 0 Å². The second kappa shape index (κ2) is 6.08. The van der Waals surface area contributed by atoms with Gasteiger partial charge in [0.05, 0.1) is 18.1 Å². The Labute approximate surface area is 107 Å². The number of nitrogens with zero attached hydrogens (tertiary/aromatic N) is 3. The summed E-state index contributed by atoms with van der Waals surface area (Å²) in [5.41, 5.74) is 0.937. The summed E-state index contributed by atoms with van der Waals surface area (Å²) in [6.07, 6.45) is 3.79. The van der Waals surface area contributed by atoms with Crippen LogP contribution in [-0.4, -0.2) is 56.5 Å². The van der Waals surface area contributed by atoms with Gasteiger partial charge in [0.25, 0.3) is 0 Å². The van der Waals surface area contributed by atoms with Crippen LogP contribution < -0.4 is 10.2 Å². The smallest absolute Gasteiger partial charge is 0.147 e. The molecule has 1 fully saturated rings. The van der Waals surface area contributed by atoms with Gasteiger partial charge in [0, 0.05) is 33.9 Å². The van der Waals surface area contributed by atoms with E-state index in [1.807, 2.05) is 7.05 Å². The highest BCUT2D eigenvalue weighted by molar-refractivity contribution is 5.38. The Hall–Kier alpha value is -1.24. The molecule has 6 nitrogen and oxygen atoms in total. The van der Waals surface area contributed by atoms with Crippen LogP contribution in [0, 0.1) is 0 Å². The first kappa shape index (κ1) is 13.2. The molecule has 6 heteroatoms. The third kappa shape index (κ3) is 2.77. The number of rotatable bonds is 5. The van der Waals surface area contributed by atoms with Crippen LogP contribution in [0.1, 0.15) is 5.69 Å². The molecule has 0 bridgehead atoms. The van der Waals surface area contributed by atoms with Gasteiger partial charge in [-0.15, -0.1) is 0 Å². The summed E-state index contributed by atoms with van der Waals surface area (Å²) >= 11 is 0. The highest BCUT2D eigenvalue weighted by Gasteiger charge is 2.33. The number of aromatic nitrogens is 2. The lowest BCUT2D eigenvalue weighted by Crippen LogP contribution is -2.27. The zero-order valence-corrected chi connectivity index (χ0v) is 11.1. The largest absolute Gasteiger partial charge is 0.377 e. The molecule has 1 aliphatic heterocycles. The number of ether oxygens (including phenoxy) is 2. The maximum atomic E-state index is 5.40. The highest BCUT2D eigenvalue weighted by atomic mass is 16.5. The fourth-order valence-corrected chi connectivity index (χ4v) is 2.17. The summed E-state index contributed by atoms with van der Waals surface area (Å²) in [6.45, 7) is 2.30. The van der Waals surface area contributed by atoms with Gasteiger partial charge < -0.3 is 19.7 Å². The molecule has 0 saturated carbocycles. The first-order chi connectivity index (χ1) is 8.78. The molecule has 1 aliphatic rings. The second-order valence-corrected chi connectivity index (χ2v) is 4.35. The van der Waals surface area contributed by atoms with Crippen molar-refractivity contribution in [2.45, 2.75) is 18.8 Å². The Bertz CT molecular complexity index is 359. The van der Waals surface area contributed by atoms with Crippen molar-refractivity contribution in [3.05, 3.63) is 18.1 Å². The predicted molar refractivity (Wildman–Crippen MR) is 68.6 cm³/mol. The normalized spacial score (nSPS) is 23.6. The minimum Gasteiger partial charge on any atom is -0.377 e. The quantitative estimate of drug-likeness (QED) is 0.799. The zero-order chi connectivity index (χ0) is 13.0. The van der Waals surface area contributed by atoms with Crippen LogP contribution in [0.25, 0.3) is 0 Å². The first-order valence-corrected chi connectivity index (χ1v) is 6.04. The molecular formula is C12H20N4O2. The van der Waals surface area contributed by atoms with Crippen LogP contribution >= 0.6 is 0 Å². The van der Waals surface area contributed by atoms with E-state index in [1.165, 1.54) is 0 Å². The van der Waals surface area contributed by atoms with E-state index in [-0.39, 0.29) is 12.2 Å². The van der Waals surface area contributed by atoms with Crippen molar-refractivity contribution in [1.29, 1.82) is 0 Å². The Kier molecular flexibility index (Phi) is 4.46. The Morgan fingerprint density at radius 1 is 1.22 bits per heavy atom. The van der Waals surface area contributed by atoms with Crippen LogP contribution in [-0.2, 0) is 16.0 Å². The standard InChI is InChI=1S/C12H20N4O2/c1-13-4-9-5-15-12(6-14-9)16-7-10(17-2)11(8-16)18-3/h5-6,10-11,13H,4,7-8H2,1-3H3. The fourth-order valence-electron chi connectivity index (χ4n) is 2.17. The predicted octanol–water partition coefficient (Wildman–Crippen LogP) is 0.0460. The molecule has 0 aromatic carbocycles. The maximum Gasteiger partial charge on any atom is 0.147 e. The van der Waals surface area contributed by atoms with Crippen LogP contribution in [0.2, 0.25) is 0 Å². The van der Waals surface area contributed by atoms with Gasteiger partial charge in [-0.05, 0) is 7.05 Å². The lowest BCUT2D eigenvalue weighted by Gasteiger charge is -2.16. The molecule has 2 rings (SSSR count). The summed E-state index contributed by atoms with van der Waals surface area (Å²) in [6, 6.07) is 0. The van der Waals surface area contributed by atoms with Crippen LogP contribution in [0.4, 0.5) is 5.82 Å². The van der Waals surface area contributed by atoms with Gasteiger partial charge in [0.1, 0.15) is 18.0 Å². The number of hydrogen-bond acceptors (Lipinski definition) is 6. The van der Waals surface area contributed by atoms with Crippen molar-refractivity contribution in [1.82, 2.24) is 15.3 Å². The number of hydrogen-bond donors (Lipinski definition) is 1. The SMILES string of the molecule is CNCc1cnc(N2CC(OC)C(OC)C2)cn1. The lowest BCUT2D eigenvalue weighted by molar-refractivity contribution is -0.00461. The molecule has 0 aliphatic carbocycles. The average molecular weight is 252 g/mol. The van der Waals surface area contributed by atoms with Crippen molar-refractivity contribution in [2.24, 2.45) is 0 Å². The molecule has 1 aromatic heterocycles. The third-order valence-electron chi connectivity index (χ3n) is 3.19. The Morgan fingerprint density at radius 2 is 1.89 bits per heavy atom. The summed E-state index contributed by atoms with van der Waals surface area (Å²) in [5.74, 6) is 0.872. The number of methoxy groups -OCH3 is 2. The summed E-state index contributed by atoms with van der Waals surface area (Å²) in [7, 11) is 5.31. The van der Waals surface area contributed by atoms with E-state index in [1.54, 1.807) is 26.6 Å². The Morgan fingerprint density at radius 3 is 2.33 bits per heavy atom. The molecular weight excluding hydrogens is 232 g/mol. The minimum atomic E-state index is 0.0915. The minimum absolute atomic E-state index is 0.0915. The molecule has 1 N–H and O–H groups in total. The number of nitrogens with one attached hydrogen (secondary N) is 1. The summed E-state index contributed by atoms with van der Waals surface area (Å²) in [5, 5.41) is 3.05. The van der Waals surface area contributed by atoms with E-state index < -0.39 is 0 Å². The lowest BCUT2D eigenvalue weighted by atomic mass is 10.3. The van der Waals surface area contributed by atoms with Crippen LogP contribution in [0.5, 0.6) is 0 Å². The van der Waals surface area contributed by atoms with Gasteiger partial charge >= 0.3 is 0 Å². The van der Waals surface area contributed by atoms with Gasteiger partial charge in [-0.25, -0.2) is 4.98 Å². The van der Waals surface area contributed by atoms with Gasteiger partial charge in [-0.1, -0.05) is 0 Å². The van der Waals surface area contributed by atoms with E-state index in [2.05, 4.69) is 20.2 Å². The maximum absolute atomic E-state index is 5.40. The van der Waals surface area contributed by atoms with Gasteiger partial charge in [0.2, 0.25) is 0 Å². The van der Waals surface area contributed by atoms with E-state index >= 15 is 0 Å². The molecule has 1 aromatic rings. The van der Waals surface area contributed by atoms with E-state index in [9.17, 15) is 0 Å². The van der Waals surface area contributed by atoms with Crippen LogP contribution in [0.15, 0.2) is 12.4 Å². The zero-order valence-electron chi connectivity index (χ0n) is 11.1. The topological polar surface area (TPSA) is 59.5 Å². The van der Waals surface area contributed by atoms with E-state index in [4.69, 9.17) is 9.47 Å². The van der Waals surface area contributed by atoms with Crippen molar-refractivity contribution < 1.29 is 9.47 Å². The van der Waals surface area contributed by atoms with Crippen molar-refractivity contribution in [2.75, 3.05) is 39.3 Å². The van der Waals surface area contributed by atoms with Gasteiger partial charge in [-0.2, -0.15) is 0 Å². The second-order valence-electron chi connectivity index (χ2n) is 4.35. The fraction of sp³-hybridized carbons (Fsp3) is 0.667. The molecule has 2 heterocycles. The van der Waals surface area contributed by atoms with E-state index in [0.29, 0.717) is 0 Å². The van der Waals surface area contributed by atoms with Gasteiger partial charge in [-0.3, -0.25) is 4.98 Å². The van der Waals surface area contributed by atoms with E-state index in [0.717, 1.165) is 31.1 Å². The molecule has 0 radical (unpaired) electrons.